The van der Waals surface area contributed by atoms with E-state index in [1.807, 2.05) is 0 Å². The fourth-order valence-electron chi connectivity index (χ4n) is 6.35. The van der Waals surface area contributed by atoms with Crippen LogP contribution in [-0.4, -0.2) is 6.17 Å². The van der Waals surface area contributed by atoms with Crippen molar-refractivity contribution in [1.29, 1.82) is 0 Å². The first-order valence-electron chi connectivity index (χ1n) is 10.6. The second-order valence-corrected chi connectivity index (χ2v) is 9.82. The van der Waals surface area contributed by atoms with Crippen LogP contribution in [0, 0.1) is 47.3 Å². The van der Waals surface area contributed by atoms with Crippen molar-refractivity contribution in [3.05, 3.63) is 0 Å². The first-order valence-corrected chi connectivity index (χ1v) is 10.6. The van der Waals surface area contributed by atoms with E-state index in [0.29, 0.717) is 11.8 Å². The fourth-order valence-corrected chi connectivity index (χ4v) is 6.35. The van der Waals surface area contributed by atoms with E-state index in [9.17, 15) is 4.39 Å². The van der Waals surface area contributed by atoms with Gasteiger partial charge < -0.3 is 0 Å². The summed E-state index contributed by atoms with van der Waals surface area (Å²) in [6.07, 6.45) is 11.7. The predicted octanol–water partition coefficient (Wildman–Crippen LogP) is 6.89. The van der Waals surface area contributed by atoms with Gasteiger partial charge in [0.05, 0.1) is 0 Å². The quantitative estimate of drug-likeness (QED) is 0.519. The van der Waals surface area contributed by atoms with Crippen molar-refractivity contribution < 1.29 is 4.39 Å². The van der Waals surface area contributed by atoms with E-state index in [0.717, 1.165) is 36.0 Å². The Morgan fingerprint density at radius 2 is 1.22 bits per heavy atom. The van der Waals surface area contributed by atoms with E-state index in [-0.39, 0.29) is 5.92 Å². The smallest absolute Gasteiger partial charge is 0.103 e. The van der Waals surface area contributed by atoms with Crippen LogP contribution in [0.15, 0.2) is 0 Å². The topological polar surface area (TPSA) is 0 Å². The molecule has 0 N–H and O–H groups in total. The van der Waals surface area contributed by atoms with Gasteiger partial charge in [-0.05, 0) is 92.3 Å². The summed E-state index contributed by atoms with van der Waals surface area (Å²) in [5, 5.41) is 0. The van der Waals surface area contributed by atoms with Crippen molar-refractivity contribution in [3.8, 4) is 0 Å². The molecule has 0 bridgehead atoms. The summed E-state index contributed by atoms with van der Waals surface area (Å²) in [7, 11) is 0. The molecule has 0 aromatic heterocycles. The van der Waals surface area contributed by atoms with Crippen LogP contribution in [0.4, 0.5) is 4.39 Å². The van der Waals surface area contributed by atoms with Gasteiger partial charge in [-0.3, -0.25) is 0 Å². The van der Waals surface area contributed by atoms with Crippen LogP contribution >= 0.6 is 0 Å². The highest BCUT2D eigenvalue weighted by atomic mass is 19.1. The standard InChI is InChI=1S/C22H39F/c1-14-5-7-18(8-6-14)19-9-10-21(16(3)12-19)20-11-15(2)17(4)22(23)13-20/h14-22H,5-13H2,1-4H3. The van der Waals surface area contributed by atoms with E-state index < -0.39 is 6.17 Å². The Labute approximate surface area is 144 Å². The van der Waals surface area contributed by atoms with Crippen LogP contribution in [0.2, 0.25) is 0 Å². The maximum Gasteiger partial charge on any atom is 0.103 e. The van der Waals surface area contributed by atoms with Gasteiger partial charge in [0.25, 0.3) is 0 Å². The van der Waals surface area contributed by atoms with Crippen LogP contribution in [0.25, 0.3) is 0 Å². The average Bonchev–Trinajstić information content (AvgIpc) is 2.53. The van der Waals surface area contributed by atoms with Gasteiger partial charge in [-0.1, -0.05) is 40.5 Å². The van der Waals surface area contributed by atoms with Crippen molar-refractivity contribution >= 4 is 0 Å². The molecular formula is C22H39F. The molecule has 0 aromatic rings. The molecular weight excluding hydrogens is 283 g/mol. The van der Waals surface area contributed by atoms with Crippen LogP contribution in [0.5, 0.6) is 0 Å². The molecule has 3 aliphatic carbocycles. The van der Waals surface area contributed by atoms with Crippen LogP contribution in [-0.2, 0) is 0 Å². The minimum absolute atomic E-state index is 0.280. The molecule has 0 aromatic carbocycles. The van der Waals surface area contributed by atoms with E-state index in [2.05, 4.69) is 27.7 Å². The van der Waals surface area contributed by atoms with Crippen LogP contribution in [0.1, 0.15) is 85.5 Å². The highest BCUT2D eigenvalue weighted by Gasteiger charge is 2.41. The molecule has 1 heteroatoms. The summed E-state index contributed by atoms with van der Waals surface area (Å²) in [5.41, 5.74) is 0. The molecule has 0 nitrogen and oxygen atoms in total. The van der Waals surface area contributed by atoms with E-state index in [1.165, 1.54) is 51.4 Å². The van der Waals surface area contributed by atoms with Crippen molar-refractivity contribution in [2.45, 2.75) is 91.7 Å². The Bertz CT molecular complexity index is 358. The predicted molar refractivity (Wildman–Crippen MR) is 97.1 cm³/mol. The lowest BCUT2D eigenvalue weighted by Gasteiger charge is -2.46. The summed E-state index contributed by atoms with van der Waals surface area (Å²) in [4.78, 5) is 0. The van der Waals surface area contributed by atoms with Gasteiger partial charge in [-0.15, -0.1) is 0 Å². The van der Waals surface area contributed by atoms with Crippen molar-refractivity contribution in [3.63, 3.8) is 0 Å². The molecule has 0 saturated heterocycles. The average molecular weight is 323 g/mol. The maximum absolute atomic E-state index is 14.4. The molecule has 0 amide bonds. The van der Waals surface area contributed by atoms with Crippen LogP contribution in [0.3, 0.4) is 0 Å². The summed E-state index contributed by atoms with van der Waals surface area (Å²) < 4.78 is 14.4. The first-order chi connectivity index (χ1) is 11.0. The first kappa shape index (κ1) is 17.7. The van der Waals surface area contributed by atoms with Gasteiger partial charge >= 0.3 is 0 Å². The lowest BCUT2D eigenvalue weighted by Crippen LogP contribution is -2.39. The number of halogens is 1. The molecule has 7 atom stereocenters. The molecule has 3 aliphatic rings. The lowest BCUT2D eigenvalue weighted by molar-refractivity contribution is 0.0174. The third kappa shape index (κ3) is 3.96. The Balaban J connectivity index is 1.54. The summed E-state index contributed by atoms with van der Waals surface area (Å²) in [5.74, 6) is 6.11. The number of rotatable bonds is 2. The van der Waals surface area contributed by atoms with Gasteiger partial charge in [0.1, 0.15) is 6.17 Å². The van der Waals surface area contributed by atoms with Gasteiger partial charge in [0, 0.05) is 0 Å². The SMILES string of the molecule is CC1CCC(C2CCC(C3CC(C)C(C)C(F)C3)C(C)C2)CC1. The number of hydrogen-bond donors (Lipinski definition) is 0. The monoisotopic (exact) mass is 322 g/mol. The molecule has 7 unspecified atom stereocenters. The third-order valence-corrected chi connectivity index (χ3v) is 8.28. The normalized spacial score (nSPS) is 52.3. The highest BCUT2D eigenvalue weighted by molar-refractivity contribution is 4.91. The molecule has 0 spiro atoms. The van der Waals surface area contributed by atoms with Crippen molar-refractivity contribution in [2.24, 2.45) is 47.3 Å². The summed E-state index contributed by atoms with van der Waals surface area (Å²) in [6.45, 7) is 9.31. The Morgan fingerprint density at radius 1 is 0.609 bits per heavy atom. The molecule has 3 fully saturated rings. The Kier molecular flexibility index (Phi) is 5.74. The van der Waals surface area contributed by atoms with Gasteiger partial charge in [-0.25, -0.2) is 4.39 Å². The summed E-state index contributed by atoms with van der Waals surface area (Å²) >= 11 is 0. The minimum atomic E-state index is -0.548. The Hall–Kier alpha value is -0.0700. The molecule has 3 rings (SSSR count). The molecule has 23 heavy (non-hydrogen) atoms. The molecule has 0 aliphatic heterocycles. The molecule has 0 heterocycles. The fraction of sp³-hybridized carbons (Fsp3) is 1.00. The highest BCUT2D eigenvalue weighted by Crippen LogP contribution is 2.49. The van der Waals surface area contributed by atoms with Crippen molar-refractivity contribution in [1.82, 2.24) is 0 Å². The zero-order valence-electron chi connectivity index (χ0n) is 15.9. The molecule has 134 valence electrons. The van der Waals surface area contributed by atoms with Crippen molar-refractivity contribution in [2.75, 3.05) is 0 Å². The molecule has 0 radical (unpaired) electrons. The third-order valence-electron chi connectivity index (χ3n) is 8.28. The second-order valence-electron chi connectivity index (χ2n) is 9.82. The second kappa shape index (κ2) is 7.44. The Morgan fingerprint density at radius 3 is 1.83 bits per heavy atom. The lowest BCUT2D eigenvalue weighted by atomic mass is 9.60. The van der Waals surface area contributed by atoms with E-state index in [4.69, 9.17) is 0 Å². The molecule has 3 saturated carbocycles. The number of hydrogen-bond acceptors (Lipinski definition) is 0. The van der Waals surface area contributed by atoms with Crippen LogP contribution < -0.4 is 0 Å². The zero-order valence-corrected chi connectivity index (χ0v) is 15.9. The van der Waals surface area contributed by atoms with Gasteiger partial charge in [0.2, 0.25) is 0 Å². The maximum atomic E-state index is 14.4. The largest absolute Gasteiger partial charge is 0.247 e. The number of alkyl halides is 1. The van der Waals surface area contributed by atoms with E-state index in [1.54, 1.807) is 0 Å². The minimum Gasteiger partial charge on any atom is -0.247 e. The zero-order chi connectivity index (χ0) is 16.6. The summed E-state index contributed by atoms with van der Waals surface area (Å²) in [6, 6.07) is 0. The van der Waals surface area contributed by atoms with Gasteiger partial charge in [0.15, 0.2) is 0 Å². The van der Waals surface area contributed by atoms with Gasteiger partial charge in [-0.2, -0.15) is 0 Å². The van der Waals surface area contributed by atoms with E-state index >= 15 is 0 Å².